The van der Waals surface area contributed by atoms with E-state index in [9.17, 15) is 4.79 Å². The van der Waals surface area contributed by atoms with Gasteiger partial charge in [-0.3, -0.25) is 4.79 Å². The maximum atomic E-state index is 12.6. The van der Waals surface area contributed by atoms with Crippen molar-refractivity contribution in [1.29, 1.82) is 0 Å². The third-order valence-electron chi connectivity index (χ3n) is 4.76. The number of aryl methyl sites for hydroxylation is 1. The molecule has 1 saturated heterocycles. The predicted octanol–water partition coefficient (Wildman–Crippen LogP) is 3.44. The van der Waals surface area contributed by atoms with Gasteiger partial charge < -0.3 is 14.2 Å². The minimum absolute atomic E-state index is 0.0217. The largest absolute Gasteiger partial charge is 0.487 e. The van der Waals surface area contributed by atoms with Crippen LogP contribution in [0.15, 0.2) is 59.1 Å². The van der Waals surface area contributed by atoms with Crippen molar-refractivity contribution in [1.82, 2.24) is 15.0 Å². The predicted molar refractivity (Wildman–Crippen MR) is 100 cm³/mol. The zero-order valence-electron chi connectivity index (χ0n) is 15.3. The Hall–Kier alpha value is -3.15. The summed E-state index contributed by atoms with van der Waals surface area (Å²) in [6.07, 6.45) is 0.0217. The lowest BCUT2D eigenvalue weighted by molar-refractivity contribution is -0.141. The molecule has 1 aromatic heterocycles. The number of rotatable bonds is 5. The maximum absolute atomic E-state index is 12.6. The highest BCUT2D eigenvalue weighted by Crippen LogP contribution is 2.25. The van der Waals surface area contributed by atoms with Gasteiger partial charge in [0.2, 0.25) is 5.91 Å². The summed E-state index contributed by atoms with van der Waals surface area (Å²) >= 11 is 0. The lowest BCUT2D eigenvalue weighted by atomic mass is 9.98. The summed E-state index contributed by atoms with van der Waals surface area (Å²) in [7, 11) is 0. The van der Waals surface area contributed by atoms with E-state index in [-0.39, 0.29) is 17.9 Å². The summed E-state index contributed by atoms with van der Waals surface area (Å²) in [5.74, 6) is 1.87. The zero-order chi connectivity index (χ0) is 18.8. The molecule has 0 saturated carbocycles. The molecule has 0 radical (unpaired) electrons. The summed E-state index contributed by atoms with van der Waals surface area (Å²) in [5, 5.41) is 3.79. The van der Waals surface area contributed by atoms with Crippen LogP contribution in [0.4, 0.5) is 0 Å². The first-order valence-corrected chi connectivity index (χ1v) is 9.01. The van der Waals surface area contributed by atoms with E-state index in [4.69, 9.17) is 9.26 Å². The number of ether oxygens (including phenoxy) is 1. The number of likely N-dealkylation sites (tertiary alicyclic amines) is 1. The topological polar surface area (TPSA) is 68.5 Å². The van der Waals surface area contributed by atoms with E-state index in [0.717, 1.165) is 16.9 Å². The van der Waals surface area contributed by atoms with Crippen LogP contribution in [-0.4, -0.2) is 40.1 Å². The molecule has 4 rings (SSSR count). The minimum atomic E-state index is -0.135. The lowest BCUT2D eigenvalue weighted by Gasteiger charge is -2.40. The Morgan fingerprint density at radius 2 is 1.85 bits per heavy atom. The van der Waals surface area contributed by atoms with E-state index in [0.29, 0.717) is 24.8 Å². The molecule has 3 aromatic rings. The molecule has 0 N–H and O–H groups in total. The molecule has 27 heavy (non-hydrogen) atoms. The van der Waals surface area contributed by atoms with Crippen LogP contribution in [0, 0.1) is 6.92 Å². The van der Waals surface area contributed by atoms with E-state index in [1.807, 2.05) is 66.4 Å². The summed E-state index contributed by atoms with van der Waals surface area (Å²) in [6.45, 7) is 4.96. The number of hydrogen-bond acceptors (Lipinski definition) is 5. The normalized spacial score (nSPS) is 15.3. The molecule has 6 nitrogen and oxygen atoms in total. The van der Waals surface area contributed by atoms with Crippen molar-refractivity contribution >= 4 is 5.91 Å². The molecule has 138 valence electrons. The van der Waals surface area contributed by atoms with Crippen molar-refractivity contribution in [3.05, 3.63) is 66.0 Å². The molecule has 1 amide bonds. The van der Waals surface area contributed by atoms with Crippen molar-refractivity contribution in [2.24, 2.45) is 0 Å². The van der Waals surface area contributed by atoms with Crippen LogP contribution in [0.2, 0.25) is 0 Å². The van der Waals surface area contributed by atoms with Crippen molar-refractivity contribution in [2.45, 2.75) is 25.9 Å². The number of carbonyl (C=O) groups excluding carboxylic acids is 1. The Labute approximate surface area is 157 Å². The Morgan fingerprint density at radius 3 is 2.48 bits per heavy atom. The van der Waals surface area contributed by atoms with E-state index in [2.05, 4.69) is 10.1 Å². The maximum Gasteiger partial charge on any atom is 0.257 e. The third-order valence-corrected chi connectivity index (χ3v) is 4.76. The molecule has 1 unspecified atom stereocenters. The summed E-state index contributed by atoms with van der Waals surface area (Å²) < 4.78 is 11.1. The fourth-order valence-electron chi connectivity index (χ4n) is 3.13. The van der Waals surface area contributed by atoms with Gasteiger partial charge in [0.05, 0.1) is 19.0 Å². The molecule has 2 aromatic carbocycles. The average Bonchev–Trinajstić information content (AvgIpc) is 3.11. The molecule has 1 atom stereocenters. The molecule has 0 bridgehead atoms. The Kier molecular flexibility index (Phi) is 4.62. The van der Waals surface area contributed by atoms with Gasteiger partial charge in [0.1, 0.15) is 11.9 Å². The number of amides is 1. The Bertz CT molecular complexity index is 915. The highest BCUT2D eigenvalue weighted by atomic mass is 16.5. The number of aromatic nitrogens is 2. The Balaban J connectivity index is 1.30. The first-order chi connectivity index (χ1) is 13.1. The van der Waals surface area contributed by atoms with Gasteiger partial charge in [0.15, 0.2) is 5.82 Å². The molecule has 1 aliphatic rings. The molecule has 2 heterocycles. The molecule has 6 heteroatoms. The third kappa shape index (κ3) is 3.69. The van der Waals surface area contributed by atoms with Crippen molar-refractivity contribution in [2.75, 3.05) is 13.1 Å². The SMILES string of the molecule is Cc1noc(-c2ccc(OC3CN(C(=O)C(C)c4ccccc4)C3)cc2)n1. The monoisotopic (exact) mass is 363 g/mol. The first kappa shape index (κ1) is 17.3. The Morgan fingerprint density at radius 1 is 1.15 bits per heavy atom. The molecule has 1 fully saturated rings. The molecule has 0 spiro atoms. The second-order valence-corrected chi connectivity index (χ2v) is 6.79. The van der Waals surface area contributed by atoms with Crippen LogP contribution in [0.25, 0.3) is 11.5 Å². The smallest absolute Gasteiger partial charge is 0.257 e. The highest BCUT2D eigenvalue weighted by Gasteiger charge is 2.34. The fourth-order valence-corrected chi connectivity index (χ4v) is 3.13. The quantitative estimate of drug-likeness (QED) is 0.695. The second-order valence-electron chi connectivity index (χ2n) is 6.79. The van der Waals surface area contributed by atoms with E-state index in [1.54, 1.807) is 6.92 Å². The number of benzene rings is 2. The summed E-state index contributed by atoms with van der Waals surface area (Å²) in [4.78, 5) is 18.6. The van der Waals surface area contributed by atoms with Crippen LogP contribution in [0.3, 0.4) is 0 Å². The van der Waals surface area contributed by atoms with Gasteiger partial charge in [-0.2, -0.15) is 4.98 Å². The summed E-state index contributed by atoms with van der Waals surface area (Å²) in [5.41, 5.74) is 1.89. The number of hydrogen-bond donors (Lipinski definition) is 0. The van der Waals surface area contributed by atoms with Gasteiger partial charge in [-0.05, 0) is 43.7 Å². The standard InChI is InChI=1S/C21H21N3O3/c1-14(16-6-4-3-5-7-16)21(25)24-12-19(13-24)26-18-10-8-17(9-11-18)20-22-15(2)23-27-20/h3-11,14,19H,12-13H2,1-2H3. The van der Waals surface area contributed by atoms with Gasteiger partial charge in [0.25, 0.3) is 5.89 Å². The second kappa shape index (κ2) is 7.23. The fraction of sp³-hybridized carbons (Fsp3) is 0.286. The highest BCUT2D eigenvalue weighted by molar-refractivity contribution is 5.84. The average molecular weight is 363 g/mol. The van der Waals surface area contributed by atoms with Crippen molar-refractivity contribution in [3.8, 4) is 17.2 Å². The van der Waals surface area contributed by atoms with E-state index in [1.165, 1.54) is 0 Å². The van der Waals surface area contributed by atoms with Gasteiger partial charge in [-0.25, -0.2) is 0 Å². The lowest BCUT2D eigenvalue weighted by Crippen LogP contribution is -2.57. The van der Waals surface area contributed by atoms with Crippen LogP contribution in [0.5, 0.6) is 5.75 Å². The molecule has 1 aliphatic heterocycles. The van der Waals surface area contributed by atoms with Crippen LogP contribution < -0.4 is 4.74 Å². The van der Waals surface area contributed by atoms with Gasteiger partial charge in [-0.1, -0.05) is 35.5 Å². The number of carbonyl (C=O) groups is 1. The van der Waals surface area contributed by atoms with Crippen molar-refractivity contribution < 1.29 is 14.1 Å². The molecule has 0 aliphatic carbocycles. The first-order valence-electron chi connectivity index (χ1n) is 9.01. The summed E-state index contributed by atoms with van der Waals surface area (Å²) in [6, 6.07) is 17.4. The zero-order valence-corrected chi connectivity index (χ0v) is 15.3. The number of nitrogens with zero attached hydrogens (tertiary/aromatic N) is 3. The van der Waals surface area contributed by atoms with E-state index >= 15 is 0 Å². The van der Waals surface area contributed by atoms with Crippen molar-refractivity contribution in [3.63, 3.8) is 0 Å². The van der Waals surface area contributed by atoms with Crippen LogP contribution in [0.1, 0.15) is 24.2 Å². The van der Waals surface area contributed by atoms with Gasteiger partial charge >= 0.3 is 0 Å². The molecular formula is C21H21N3O3. The van der Waals surface area contributed by atoms with Crippen LogP contribution in [-0.2, 0) is 4.79 Å². The van der Waals surface area contributed by atoms with Gasteiger partial charge in [-0.15, -0.1) is 0 Å². The van der Waals surface area contributed by atoms with E-state index < -0.39 is 0 Å². The molecular weight excluding hydrogens is 342 g/mol. The van der Waals surface area contributed by atoms with Gasteiger partial charge in [0, 0.05) is 5.56 Å². The van der Waals surface area contributed by atoms with Crippen LogP contribution >= 0.6 is 0 Å². The minimum Gasteiger partial charge on any atom is -0.487 e.